The molecule has 0 saturated carbocycles. The summed E-state index contributed by atoms with van der Waals surface area (Å²) in [5, 5.41) is 3.43. The number of nitrogens with one attached hydrogen (secondary N) is 2. The van der Waals surface area contributed by atoms with Crippen molar-refractivity contribution in [2.45, 2.75) is 25.5 Å². The van der Waals surface area contributed by atoms with Gasteiger partial charge in [0.2, 0.25) is 5.88 Å². The van der Waals surface area contributed by atoms with Gasteiger partial charge in [0.15, 0.2) is 10.8 Å². The lowest BCUT2D eigenvalue weighted by atomic mass is 10.1. The minimum absolute atomic E-state index is 0.0561. The van der Waals surface area contributed by atoms with E-state index in [1.807, 2.05) is 6.92 Å². The Labute approximate surface area is 229 Å². The van der Waals surface area contributed by atoms with E-state index in [0.29, 0.717) is 27.2 Å². The molecular weight excluding hydrogens is 555 g/mol. The van der Waals surface area contributed by atoms with E-state index >= 15 is 0 Å². The number of amides is 1. The van der Waals surface area contributed by atoms with Crippen LogP contribution < -0.4 is 19.5 Å². The second kappa shape index (κ2) is 11.3. The highest BCUT2D eigenvalue weighted by atomic mass is 35.5. The first-order valence-corrected chi connectivity index (χ1v) is 13.3. The molecule has 0 saturated heterocycles. The van der Waals surface area contributed by atoms with E-state index in [1.165, 1.54) is 43.5 Å². The summed E-state index contributed by atoms with van der Waals surface area (Å²) in [6.45, 7) is 3.71. The Morgan fingerprint density at radius 3 is 2.42 bits per heavy atom. The molecule has 13 heteroatoms. The van der Waals surface area contributed by atoms with E-state index in [2.05, 4.69) is 20.0 Å². The van der Waals surface area contributed by atoms with Crippen molar-refractivity contribution < 1.29 is 27.1 Å². The molecule has 0 atom stereocenters. The molecule has 0 aliphatic heterocycles. The molecule has 2 N–H and O–H groups in total. The molecule has 0 radical (unpaired) electrons. The molecule has 2 heterocycles. The number of ether oxygens (including phenoxy) is 2. The number of aromatic nitrogens is 2. The van der Waals surface area contributed by atoms with Gasteiger partial charge >= 0.3 is 0 Å². The molecule has 38 heavy (non-hydrogen) atoms. The van der Waals surface area contributed by atoms with Gasteiger partial charge in [-0.1, -0.05) is 23.2 Å². The highest BCUT2D eigenvalue weighted by molar-refractivity contribution is 7.92. The van der Waals surface area contributed by atoms with E-state index in [4.69, 9.17) is 37.1 Å². The molecule has 0 spiro atoms. The monoisotopic (exact) mass is 576 g/mol. The van der Waals surface area contributed by atoms with Crippen LogP contribution in [0.15, 0.2) is 64.3 Å². The minimum atomic E-state index is -3.97. The molecule has 198 valence electrons. The smallest absolute Gasteiger partial charge is 0.291 e. The third kappa shape index (κ3) is 6.18. The number of furan rings is 1. The Kier molecular flexibility index (Phi) is 8.10. The summed E-state index contributed by atoms with van der Waals surface area (Å²) < 4.78 is 43.8. The Bertz CT molecular complexity index is 1590. The van der Waals surface area contributed by atoms with E-state index in [1.54, 1.807) is 19.1 Å². The Balaban J connectivity index is 1.36. The first kappa shape index (κ1) is 27.2. The van der Waals surface area contributed by atoms with Crippen LogP contribution >= 0.6 is 23.2 Å². The molecule has 2 aromatic carbocycles. The quantitative estimate of drug-likeness (QED) is 0.245. The van der Waals surface area contributed by atoms with Crippen LogP contribution in [0.25, 0.3) is 0 Å². The van der Waals surface area contributed by atoms with E-state index < -0.39 is 15.9 Å². The van der Waals surface area contributed by atoms with Crippen molar-refractivity contribution in [2.24, 2.45) is 0 Å². The highest BCUT2D eigenvalue weighted by Crippen LogP contribution is 2.35. The molecule has 1 amide bonds. The number of halogens is 2. The largest absolute Gasteiger partial charge is 0.484 e. The molecule has 0 bridgehead atoms. The van der Waals surface area contributed by atoms with Crippen LogP contribution in [0.2, 0.25) is 10.0 Å². The van der Waals surface area contributed by atoms with E-state index in [0.717, 1.165) is 17.5 Å². The lowest BCUT2D eigenvalue weighted by molar-refractivity contribution is 0.0992. The van der Waals surface area contributed by atoms with Gasteiger partial charge in [-0.05, 0) is 67.4 Å². The maximum absolute atomic E-state index is 12.6. The Morgan fingerprint density at radius 1 is 1.00 bits per heavy atom. The summed E-state index contributed by atoms with van der Waals surface area (Å²) in [7, 11) is -2.60. The summed E-state index contributed by atoms with van der Waals surface area (Å²) in [6, 6.07) is 12.1. The fourth-order valence-electron chi connectivity index (χ4n) is 3.33. The summed E-state index contributed by atoms with van der Waals surface area (Å²) >= 11 is 12.5. The van der Waals surface area contributed by atoms with Crippen LogP contribution in [0.5, 0.6) is 11.6 Å². The zero-order valence-electron chi connectivity index (χ0n) is 20.4. The average molecular weight is 577 g/mol. The SMILES string of the molecule is COc1cc(S(=O)(=O)Nc2ccc(NC(=O)c3ccc(COc4cc(C)c(Cl)c(C)c4Cl)o3)cc2)ncn1. The summed E-state index contributed by atoms with van der Waals surface area (Å²) in [4.78, 5) is 20.2. The van der Waals surface area contributed by atoms with Crippen LogP contribution in [0.3, 0.4) is 0 Å². The number of benzene rings is 2. The number of anilines is 2. The van der Waals surface area contributed by atoms with E-state index in [-0.39, 0.29) is 29.0 Å². The van der Waals surface area contributed by atoms with Gasteiger partial charge in [-0.15, -0.1) is 0 Å². The van der Waals surface area contributed by atoms with Gasteiger partial charge in [0.1, 0.15) is 24.4 Å². The minimum Gasteiger partial charge on any atom is -0.484 e. The topological polar surface area (TPSA) is 133 Å². The third-order valence-corrected chi connectivity index (χ3v) is 7.65. The first-order chi connectivity index (χ1) is 18.1. The van der Waals surface area contributed by atoms with Gasteiger partial charge in [0, 0.05) is 22.5 Å². The van der Waals surface area contributed by atoms with Gasteiger partial charge in [-0.25, -0.2) is 9.97 Å². The van der Waals surface area contributed by atoms with E-state index in [9.17, 15) is 13.2 Å². The van der Waals surface area contributed by atoms with Gasteiger partial charge in [0.05, 0.1) is 12.1 Å². The Hall–Kier alpha value is -3.80. The molecule has 0 aliphatic carbocycles. The van der Waals surface area contributed by atoms with Crippen LogP contribution in [-0.4, -0.2) is 31.4 Å². The highest BCUT2D eigenvalue weighted by Gasteiger charge is 2.18. The molecule has 0 fully saturated rings. The van der Waals surface area contributed by atoms with Crippen molar-refractivity contribution >= 4 is 50.5 Å². The summed E-state index contributed by atoms with van der Waals surface area (Å²) in [5.74, 6) is 0.574. The molecule has 4 aromatic rings. The van der Waals surface area contributed by atoms with Crippen molar-refractivity contribution in [1.29, 1.82) is 0 Å². The lowest BCUT2D eigenvalue weighted by Gasteiger charge is -2.12. The predicted octanol–water partition coefficient (Wildman–Crippen LogP) is 5.63. The second-order valence-electron chi connectivity index (χ2n) is 8.03. The zero-order valence-corrected chi connectivity index (χ0v) is 22.7. The summed E-state index contributed by atoms with van der Waals surface area (Å²) in [6.07, 6.45) is 1.09. The number of rotatable bonds is 9. The van der Waals surface area contributed by atoms with Crippen molar-refractivity contribution in [3.05, 3.63) is 87.6 Å². The number of carbonyl (C=O) groups excluding carboxylic acids is 1. The molecule has 0 aliphatic rings. The standard InChI is InChI=1S/C25H22Cl2N4O6S/c1-14-10-20(24(27)15(2)23(14)26)36-12-18-8-9-19(37-18)25(32)30-16-4-6-17(7-5-16)31-38(33,34)22-11-21(35-3)28-13-29-22/h4-11,13,31H,12H2,1-3H3,(H,30,32). The van der Waals surface area contributed by atoms with Gasteiger partial charge < -0.3 is 19.2 Å². The molecule has 4 rings (SSSR count). The van der Waals surface area contributed by atoms with Gasteiger partial charge in [0.25, 0.3) is 15.9 Å². The van der Waals surface area contributed by atoms with Crippen LogP contribution in [0, 0.1) is 13.8 Å². The van der Waals surface area contributed by atoms with Crippen LogP contribution in [0.1, 0.15) is 27.4 Å². The van der Waals surface area contributed by atoms with Crippen molar-refractivity contribution in [2.75, 3.05) is 17.1 Å². The fraction of sp³-hybridized carbons (Fsp3) is 0.160. The number of nitrogens with zero attached hydrogens (tertiary/aromatic N) is 2. The van der Waals surface area contributed by atoms with Crippen molar-refractivity contribution in [3.63, 3.8) is 0 Å². The lowest BCUT2D eigenvalue weighted by Crippen LogP contribution is -2.15. The molecule has 2 aromatic heterocycles. The normalized spacial score (nSPS) is 11.2. The average Bonchev–Trinajstić information content (AvgIpc) is 3.39. The predicted molar refractivity (Wildman–Crippen MR) is 143 cm³/mol. The fourth-order valence-corrected chi connectivity index (χ4v) is 4.73. The first-order valence-electron chi connectivity index (χ1n) is 11.0. The number of aryl methyl sites for hydroxylation is 1. The zero-order chi connectivity index (χ0) is 27.4. The van der Waals surface area contributed by atoms with Crippen LogP contribution in [-0.2, 0) is 16.6 Å². The molecular formula is C25H22Cl2N4O6S. The molecule has 10 nitrogen and oxygen atoms in total. The number of carbonyl (C=O) groups is 1. The van der Waals surface area contributed by atoms with Crippen LogP contribution in [0.4, 0.5) is 11.4 Å². The number of sulfonamides is 1. The maximum atomic E-state index is 12.6. The van der Waals surface area contributed by atoms with Crippen molar-refractivity contribution in [1.82, 2.24) is 9.97 Å². The number of hydrogen-bond acceptors (Lipinski definition) is 8. The second-order valence-corrected chi connectivity index (χ2v) is 10.4. The maximum Gasteiger partial charge on any atom is 0.291 e. The van der Waals surface area contributed by atoms with Gasteiger partial charge in [-0.3, -0.25) is 9.52 Å². The number of hydrogen-bond donors (Lipinski definition) is 2. The summed E-state index contributed by atoms with van der Waals surface area (Å²) in [5.41, 5.74) is 2.24. The number of methoxy groups -OCH3 is 1. The van der Waals surface area contributed by atoms with Crippen molar-refractivity contribution in [3.8, 4) is 11.6 Å². The third-order valence-electron chi connectivity index (χ3n) is 5.32. The Morgan fingerprint density at radius 2 is 1.71 bits per heavy atom. The van der Waals surface area contributed by atoms with Gasteiger partial charge in [-0.2, -0.15) is 8.42 Å². The molecule has 0 unspecified atom stereocenters.